The molecule has 3 amide bonds. The molecule has 1 aliphatic heterocycles. The molecular weight excluding hydrogens is 398 g/mol. The van der Waals surface area contributed by atoms with Crippen LogP contribution in [-0.2, 0) is 14.8 Å². The van der Waals surface area contributed by atoms with Gasteiger partial charge < -0.3 is 10.1 Å². The fourth-order valence-electron chi connectivity index (χ4n) is 2.93. The van der Waals surface area contributed by atoms with Crippen LogP contribution >= 0.6 is 0 Å². The highest BCUT2D eigenvalue weighted by Crippen LogP contribution is 2.29. The van der Waals surface area contributed by atoms with Gasteiger partial charge >= 0.3 is 0 Å². The lowest BCUT2D eigenvalue weighted by molar-refractivity contribution is -0.116. The number of sulfonamides is 1. The van der Waals surface area contributed by atoms with Gasteiger partial charge in [0.15, 0.2) is 0 Å². The molecule has 1 heterocycles. The first-order valence-electron chi connectivity index (χ1n) is 8.60. The molecule has 10 heteroatoms. The summed E-state index contributed by atoms with van der Waals surface area (Å²) < 4.78 is 30.2. The molecule has 0 bridgehead atoms. The number of anilines is 2. The Balaban J connectivity index is 1.63. The number of nitrogens with zero attached hydrogens (tertiary/aromatic N) is 1. The van der Waals surface area contributed by atoms with Gasteiger partial charge in [0.1, 0.15) is 5.75 Å². The van der Waals surface area contributed by atoms with Crippen molar-refractivity contribution in [3.63, 3.8) is 0 Å². The maximum atomic E-state index is 12.3. The maximum absolute atomic E-state index is 12.3. The van der Waals surface area contributed by atoms with E-state index in [0.29, 0.717) is 16.8 Å². The maximum Gasteiger partial charge on any atom is 0.261 e. The van der Waals surface area contributed by atoms with Crippen molar-refractivity contribution < 1.29 is 27.5 Å². The number of hydrogen-bond acceptors (Lipinski definition) is 6. The Hall–Kier alpha value is -3.40. The summed E-state index contributed by atoms with van der Waals surface area (Å²) in [7, 11) is -2.11. The van der Waals surface area contributed by atoms with Crippen molar-refractivity contribution in [2.75, 3.05) is 29.9 Å². The number of rotatable bonds is 7. The van der Waals surface area contributed by atoms with Gasteiger partial charge in [-0.25, -0.2) is 8.42 Å². The third-order valence-electron chi connectivity index (χ3n) is 4.22. The molecule has 0 saturated heterocycles. The first kappa shape index (κ1) is 20.3. The van der Waals surface area contributed by atoms with E-state index < -0.39 is 27.7 Å². The van der Waals surface area contributed by atoms with Gasteiger partial charge in [0.05, 0.1) is 30.2 Å². The van der Waals surface area contributed by atoms with Gasteiger partial charge in [-0.05, 0) is 24.3 Å². The van der Waals surface area contributed by atoms with Crippen molar-refractivity contribution in [3.8, 4) is 5.75 Å². The van der Waals surface area contributed by atoms with Crippen molar-refractivity contribution >= 4 is 39.1 Å². The Kier molecular flexibility index (Phi) is 5.55. The molecule has 2 aromatic carbocycles. The van der Waals surface area contributed by atoms with E-state index in [-0.39, 0.29) is 24.4 Å². The number of hydrogen-bond donors (Lipinski definition) is 2. The minimum absolute atomic E-state index is 0.0525. The molecule has 0 spiro atoms. The van der Waals surface area contributed by atoms with Gasteiger partial charge in [-0.1, -0.05) is 12.1 Å². The summed E-state index contributed by atoms with van der Waals surface area (Å²) in [5.41, 5.74) is 1.28. The molecular formula is C19H19N3O6S. The largest absolute Gasteiger partial charge is 0.494 e. The molecule has 2 aromatic rings. The highest BCUT2D eigenvalue weighted by molar-refractivity contribution is 7.92. The molecule has 9 nitrogen and oxygen atoms in total. The van der Waals surface area contributed by atoms with E-state index in [1.54, 1.807) is 24.3 Å². The van der Waals surface area contributed by atoms with E-state index in [2.05, 4.69) is 10.0 Å². The lowest BCUT2D eigenvalue weighted by atomic mass is 10.1. The van der Waals surface area contributed by atoms with Crippen LogP contribution < -0.4 is 14.8 Å². The average molecular weight is 417 g/mol. The summed E-state index contributed by atoms with van der Waals surface area (Å²) in [6.45, 7) is -0.0525. The third-order valence-corrected chi connectivity index (χ3v) is 4.81. The molecule has 0 radical (unpaired) electrons. The zero-order valence-electron chi connectivity index (χ0n) is 15.8. The number of fused-ring (bicyclic) bond motifs is 1. The summed E-state index contributed by atoms with van der Waals surface area (Å²) in [5, 5.41) is 2.64. The zero-order valence-corrected chi connectivity index (χ0v) is 16.6. The van der Waals surface area contributed by atoms with E-state index in [1.807, 2.05) is 0 Å². The Labute approximate surface area is 167 Å². The van der Waals surface area contributed by atoms with Crippen LogP contribution in [0.25, 0.3) is 0 Å². The fraction of sp³-hybridized carbons (Fsp3) is 0.211. The van der Waals surface area contributed by atoms with Crippen molar-refractivity contribution in [3.05, 3.63) is 53.6 Å². The second-order valence-electron chi connectivity index (χ2n) is 6.39. The minimum Gasteiger partial charge on any atom is -0.494 e. The van der Waals surface area contributed by atoms with Crippen LogP contribution in [0.15, 0.2) is 42.5 Å². The average Bonchev–Trinajstić information content (AvgIpc) is 2.91. The minimum atomic E-state index is -3.48. The van der Waals surface area contributed by atoms with Crippen LogP contribution in [0.5, 0.6) is 5.75 Å². The topological polar surface area (TPSA) is 122 Å². The van der Waals surface area contributed by atoms with E-state index in [9.17, 15) is 22.8 Å². The quantitative estimate of drug-likeness (QED) is 0.661. The predicted molar refractivity (Wildman–Crippen MR) is 107 cm³/mol. The van der Waals surface area contributed by atoms with Gasteiger partial charge in [0.2, 0.25) is 15.9 Å². The number of nitrogens with one attached hydrogen (secondary N) is 2. The number of ether oxygens (including phenoxy) is 1. The van der Waals surface area contributed by atoms with Crippen molar-refractivity contribution in [2.45, 2.75) is 6.42 Å². The van der Waals surface area contributed by atoms with E-state index in [0.717, 1.165) is 11.2 Å². The summed E-state index contributed by atoms with van der Waals surface area (Å²) in [4.78, 5) is 37.9. The van der Waals surface area contributed by atoms with Gasteiger partial charge in [-0.3, -0.25) is 24.0 Å². The molecule has 3 rings (SSSR count). The number of carbonyl (C=O) groups is 3. The normalized spacial score (nSPS) is 13.2. The second-order valence-corrected chi connectivity index (χ2v) is 8.14. The summed E-state index contributed by atoms with van der Waals surface area (Å²) in [5.74, 6) is -1.02. The highest BCUT2D eigenvalue weighted by atomic mass is 32.2. The monoisotopic (exact) mass is 417 g/mol. The van der Waals surface area contributed by atoms with Crippen LogP contribution in [0.2, 0.25) is 0 Å². The van der Waals surface area contributed by atoms with Crippen molar-refractivity contribution in [2.24, 2.45) is 0 Å². The first-order chi connectivity index (χ1) is 13.7. The molecule has 152 valence electrons. The van der Waals surface area contributed by atoms with Gasteiger partial charge in [-0.2, -0.15) is 0 Å². The van der Waals surface area contributed by atoms with Crippen molar-refractivity contribution in [1.29, 1.82) is 0 Å². The summed E-state index contributed by atoms with van der Waals surface area (Å²) in [6.07, 6.45) is 0.929. The number of carbonyl (C=O) groups excluding carboxylic acids is 3. The highest BCUT2D eigenvalue weighted by Gasteiger charge is 2.34. The third kappa shape index (κ3) is 4.54. The van der Waals surface area contributed by atoms with E-state index in [1.165, 1.54) is 25.3 Å². The number of imide groups is 1. The van der Waals surface area contributed by atoms with Gasteiger partial charge in [0.25, 0.3) is 11.8 Å². The molecule has 0 unspecified atom stereocenters. The summed E-state index contributed by atoms with van der Waals surface area (Å²) in [6, 6.07) is 10.9. The number of methoxy groups -OCH3 is 1. The van der Waals surface area contributed by atoms with Crippen LogP contribution in [0, 0.1) is 0 Å². The molecule has 1 aliphatic rings. The molecule has 0 aromatic heterocycles. The molecule has 29 heavy (non-hydrogen) atoms. The second kappa shape index (κ2) is 7.92. The molecule has 0 aliphatic carbocycles. The Bertz CT molecular complexity index is 1060. The number of amides is 3. The predicted octanol–water partition coefficient (Wildman–Crippen LogP) is 1.69. The Morgan fingerprint density at radius 3 is 2.24 bits per heavy atom. The summed E-state index contributed by atoms with van der Waals surface area (Å²) >= 11 is 0. The zero-order chi connectivity index (χ0) is 21.2. The standard InChI is InChI=1S/C19H19N3O6S/c1-28-16-11-12(7-8-15(16)21-29(2,26)27)20-17(23)9-10-22-18(24)13-5-3-4-6-14(13)19(22)25/h3-8,11,21H,9-10H2,1-2H3,(H,20,23). The molecule has 0 fully saturated rings. The van der Waals surface area contributed by atoms with Crippen LogP contribution in [0.1, 0.15) is 27.1 Å². The van der Waals surface area contributed by atoms with Crippen LogP contribution in [-0.4, -0.2) is 50.9 Å². The van der Waals surface area contributed by atoms with Gasteiger partial charge in [-0.15, -0.1) is 0 Å². The SMILES string of the molecule is COc1cc(NC(=O)CCN2C(=O)c3ccccc3C2=O)ccc1NS(C)(=O)=O. The van der Waals surface area contributed by atoms with Crippen LogP contribution in [0.3, 0.4) is 0 Å². The fourth-order valence-corrected chi connectivity index (χ4v) is 3.50. The van der Waals surface area contributed by atoms with Gasteiger partial charge in [0, 0.05) is 24.7 Å². The smallest absolute Gasteiger partial charge is 0.261 e. The Morgan fingerprint density at radius 2 is 1.69 bits per heavy atom. The molecule has 0 saturated carbocycles. The van der Waals surface area contributed by atoms with Crippen LogP contribution in [0.4, 0.5) is 11.4 Å². The van der Waals surface area contributed by atoms with E-state index in [4.69, 9.17) is 4.74 Å². The lowest BCUT2D eigenvalue weighted by Crippen LogP contribution is -2.32. The molecule has 2 N–H and O–H groups in total. The van der Waals surface area contributed by atoms with Crippen molar-refractivity contribution in [1.82, 2.24) is 4.90 Å². The lowest BCUT2D eigenvalue weighted by Gasteiger charge is -2.14. The number of benzene rings is 2. The molecule has 0 atom stereocenters. The Morgan fingerprint density at radius 1 is 1.07 bits per heavy atom. The van der Waals surface area contributed by atoms with E-state index >= 15 is 0 Å². The first-order valence-corrected chi connectivity index (χ1v) is 10.5.